The molecule has 0 radical (unpaired) electrons. The maximum Gasteiger partial charge on any atom is 0.0637 e. The van der Waals surface area contributed by atoms with E-state index in [1.54, 1.807) is 0 Å². The molecule has 14 heavy (non-hydrogen) atoms. The van der Waals surface area contributed by atoms with Gasteiger partial charge in [-0.15, -0.1) is 0 Å². The Bertz CT molecular complexity index is 169. The maximum absolute atomic E-state index is 5.59. The van der Waals surface area contributed by atoms with Crippen LogP contribution in [0.15, 0.2) is 0 Å². The Labute approximate surface area is 86.8 Å². The standard InChI is InChI=1S/C11H22N2O/c1-12-10-5-8-14-9-11(10)13-6-3-2-4-7-13/h10-12H,2-9H2,1H3. The van der Waals surface area contributed by atoms with Crippen LogP contribution in [-0.2, 0) is 4.74 Å². The van der Waals surface area contributed by atoms with Gasteiger partial charge in [-0.2, -0.15) is 0 Å². The molecule has 0 saturated carbocycles. The van der Waals surface area contributed by atoms with Crippen molar-refractivity contribution in [1.82, 2.24) is 10.2 Å². The van der Waals surface area contributed by atoms with Crippen LogP contribution in [0.3, 0.4) is 0 Å². The molecule has 0 aromatic carbocycles. The molecule has 2 heterocycles. The smallest absolute Gasteiger partial charge is 0.0637 e. The summed E-state index contributed by atoms with van der Waals surface area (Å²) in [6.07, 6.45) is 5.31. The number of piperidine rings is 1. The third-order valence-electron chi connectivity index (χ3n) is 3.56. The summed E-state index contributed by atoms with van der Waals surface area (Å²) in [5, 5.41) is 3.43. The molecule has 0 bridgehead atoms. The van der Waals surface area contributed by atoms with E-state index < -0.39 is 0 Å². The molecular formula is C11H22N2O. The molecule has 2 unspecified atom stereocenters. The van der Waals surface area contributed by atoms with Crippen LogP contribution in [0.25, 0.3) is 0 Å². The lowest BCUT2D eigenvalue weighted by molar-refractivity contribution is -0.00777. The Morgan fingerprint density at radius 3 is 2.71 bits per heavy atom. The Morgan fingerprint density at radius 2 is 2.00 bits per heavy atom. The van der Waals surface area contributed by atoms with E-state index in [-0.39, 0.29) is 0 Å². The lowest BCUT2D eigenvalue weighted by atomic mass is 9.99. The van der Waals surface area contributed by atoms with E-state index in [4.69, 9.17) is 4.74 Å². The minimum Gasteiger partial charge on any atom is -0.380 e. The zero-order chi connectivity index (χ0) is 9.80. The summed E-state index contributed by atoms with van der Waals surface area (Å²) in [6, 6.07) is 1.26. The summed E-state index contributed by atoms with van der Waals surface area (Å²) in [5.74, 6) is 0. The number of rotatable bonds is 2. The fourth-order valence-corrected chi connectivity index (χ4v) is 2.67. The van der Waals surface area contributed by atoms with Gasteiger partial charge >= 0.3 is 0 Å². The Balaban J connectivity index is 1.91. The average Bonchev–Trinajstić information content (AvgIpc) is 2.30. The Hall–Kier alpha value is -0.120. The van der Waals surface area contributed by atoms with Crippen molar-refractivity contribution in [2.45, 2.75) is 37.8 Å². The zero-order valence-corrected chi connectivity index (χ0v) is 9.17. The predicted molar refractivity (Wildman–Crippen MR) is 57.5 cm³/mol. The number of likely N-dealkylation sites (N-methyl/N-ethyl adjacent to an activating group) is 1. The first-order valence-corrected chi connectivity index (χ1v) is 5.91. The molecule has 0 aliphatic carbocycles. The van der Waals surface area contributed by atoms with Gasteiger partial charge in [-0.1, -0.05) is 6.42 Å². The summed E-state index contributed by atoms with van der Waals surface area (Å²) in [7, 11) is 2.08. The Morgan fingerprint density at radius 1 is 1.21 bits per heavy atom. The van der Waals surface area contributed by atoms with E-state index in [1.165, 1.54) is 32.4 Å². The second kappa shape index (κ2) is 5.10. The Kier molecular flexibility index (Phi) is 3.79. The zero-order valence-electron chi connectivity index (χ0n) is 9.17. The molecule has 2 aliphatic rings. The van der Waals surface area contributed by atoms with Crippen LogP contribution in [0.1, 0.15) is 25.7 Å². The summed E-state index contributed by atoms with van der Waals surface area (Å²) >= 11 is 0. The molecule has 0 amide bonds. The number of hydrogen-bond donors (Lipinski definition) is 1. The summed E-state index contributed by atoms with van der Waals surface area (Å²) in [6.45, 7) is 4.39. The highest BCUT2D eigenvalue weighted by molar-refractivity contribution is 4.87. The highest BCUT2D eigenvalue weighted by Gasteiger charge is 2.30. The van der Waals surface area contributed by atoms with Crippen molar-refractivity contribution in [2.24, 2.45) is 0 Å². The third-order valence-corrected chi connectivity index (χ3v) is 3.56. The van der Waals surface area contributed by atoms with Crippen LogP contribution in [0, 0.1) is 0 Å². The van der Waals surface area contributed by atoms with Crippen LogP contribution in [-0.4, -0.2) is 50.3 Å². The quantitative estimate of drug-likeness (QED) is 0.712. The normalized spacial score (nSPS) is 35.8. The summed E-state index contributed by atoms with van der Waals surface area (Å²) in [4.78, 5) is 2.61. The van der Waals surface area contributed by atoms with Gasteiger partial charge in [-0.3, -0.25) is 4.90 Å². The number of nitrogens with one attached hydrogen (secondary N) is 1. The first-order valence-electron chi connectivity index (χ1n) is 5.91. The largest absolute Gasteiger partial charge is 0.380 e. The molecule has 82 valence electrons. The van der Waals surface area contributed by atoms with Crippen molar-refractivity contribution in [3.63, 3.8) is 0 Å². The van der Waals surface area contributed by atoms with Gasteiger partial charge in [0.25, 0.3) is 0 Å². The van der Waals surface area contributed by atoms with Crippen molar-refractivity contribution in [3.8, 4) is 0 Å². The number of nitrogens with zero attached hydrogens (tertiary/aromatic N) is 1. The molecule has 3 nitrogen and oxygen atoms in total. The molecule has 2 saturated heterocycles. The van der Waals surface area contributed by atoms with Gasteiger partial charge in [0.2, 0.25) is 0 Å². The van der Waals surface area contributed by atoms with Crippen LogP contribution in [0.2, 0.25) is 0 Å². The molecular weight excluding hydrogens is 176 g/mol. The molecule has 2 fully saturated rings. The van der Waals surface area contributed by atoms with E-state index >= 15 is 0 Å². The first kappa shape index (κ1) is 10.4. The second-order valence-electron chi connectivity index (χ2n) is 4.42. The van der Waals surface area contributed by atoms with Gasteiger partial charge in [-0.25, -0.2) is 0 Å². The SMILES string of the molecule is CNC1CCOCC1N1CCCCC1. The van der Waals surface area contributed by atoms with E-state index in [1.807, 2.05) is 0 Å². The lowest BCUT2D eigenvalue weighted by Crippen LogP contribution is -2.55. The van der Waals surface area contributed by atoms with Crippen molar-refractivity contribution >= 4 is 0 Å². The third kappa shape index (κ3) is 2.27. The maximum atomic E-state index is 5.59. The number of likely N-dealkylation sites (tertiary alicyclic amines) is 1. The van der Waals surface area contributed by atoms with Crippen molar-refractivity contribution in [1.29, 1.82) is 0 Å². The van der Waals surface area contributed by atoms with Gasteiger partial charge < -0.3 is 10.1 Å². The van der Waals surface area contributed by atoms with Crippen LogP contribution >= 0.6 is 0 Å². The fraction of sp³-hybridized carbons (Fsp3) is 1.00. The number of hydrogen-bond acceptors (Lipinski definition) is 3. The van der Waals surface area contributed by atoms with Gasteiger partial charge in [0, 0.05) is 18.7 Å². The van der Waals surface area contributed by atoms with E-state index in [2.05, 4.69) is 17.3 Å². The minimum absolute atomic E-state index is 0.619. The molecule has 3 heteroatoms. The van der Waals surface area contributed by atoms with Gasteiger partial charge in [0.05, 0.1) is 6.61 Å². The monoisotopic (exact) mass is 198 g/mol. The predicted octanol–water partition coefficient (Wildman–Crippen LogP) is 0.849. The van der Waals surface area contributed by atoms with Crippen LogP contribution < -0.4 is 5.32 Å². The van der Waals surface area contributed by atoms with Gasteiger partial charge in [0.1, 0.15) is 0 Å². The van der Waals surface area contributed by atoms with Crippen LogP contribution in [0.4, 0.5) is 0 Å². The molecule has 2 atom stereocenters. The van der Waals surface area contributed by atoms with Crippen LogP contribution in [0.5, 0.6) is 0 Å². The van der Waals surface area contributed by atoms with E-state index in [0.717, 1.165) is 19.6 Å². The van der Waals surface area contributed by atoms with E-state index in [0.29, 0.717) is 12.1 Å². The molecule has 1 N–H and O–H groups in total. The van der Waals surface area contributed by atoms with Gasteiger partial charge in [-0.05, 0) is 39.4 Å². The highest BCUT2D eigenvalue weighted by atomic mass is 16.5. The van der Waals surface area contributed by atoms with Crippen molar-refractivity contribution in [3.05, 3.63) is 0 Å². The molecule has 2 rings (SSSR count). The highest BCUT2D eigenvalue weighted by Crippen LogP contribution is 2.18. The first-order chi connectivity index (χ1) is 6.92. The van der Waals surface area contributed by atoms with Gasteiger partial charge in [0.15, 0.2) is 0 Å². The average molecular weight is 198 g/mol. The molecule has 0 aromatic rings. The fourth-order valence-electron chi connectivity index (χ4n) is 2.67. The lowest BCUT2D eigenvalue weighted by Gasteiger charge is -2.41. The summed E-state index contributed by atoms with van der Waals surface area (Å²) < 4.78 is 5.59. The molecule has 2 aliphatic heterocycles. The van der Waals surface area contributed by atoms with Crippen molar-refractivity contribution < 1.29 is 4.74 Å². The molecule has 0 aromatic heterocycles. The second-order valence-corrected chi connectivity index (χ2v) is 4.42. The number of ether oxygens (including phenoxy) is 1. The topological polar surface area (TPSA) is 24.5 Å². The van der Waals surface area contributed by atoms with E-state index in [9.17, 15) is 0 Å². The minimum atomic E-state index is 0.619. The summed E-state index contributed by atoms with van der Waals surface area (Å²) in [5.41, 5.74) is 0. The molecule has 0 spiro atoms. The van der Waals surface area contributed by atoms with Crippen molar-refractivity contribution in [2.75, 3.05) is 33.4 Å².